The first-order valence-corrected chi connectivity index (χ1v) is 8.22. The molecule has 8 heteroatoms. The fraction of sp³-hybridized carbons (Fsp3) is 0.176. The lowest BCUT2D eigenvalue weighted by Crippen LogP contribution is -2.10. The Morgan fingerprint density at radius 2 is 1.88 bits per heavy atom. The van der Waals surface area contributed by atoms with Gasteiger partial charge in [-0.2, -0.15) is 8.78 Å². The van der Waals surface area contributed by atoms with Gasteiger partial charge in [0.1, 0.15) is 11.6 Å². The van der Waals surface area contributed by atoms with Crippen LogP contribution in [-0.2, 0) is 11.3 Å². The number of benzene rings is 1. The number of pyridine rings is 1. The fourth-order valence-corrected chi connectivity index (χ4v) is 2.77. The molecule has 0 atom stereocenters. The number of aromatic nitrogens is 3. The van der Waals surface area contributed by atoms with Crippen LogP contribution in [0.3, 0.4) is 0 Å². The van der Waals surface area contributed by atoms with Crippen molar-refractivity contribution in [3.05, 3.63) is 59.5 Å². The quantitative estimate of drug-likeness (QED) is 0.505. The highest BCUT2D eigenvalue weighted by molar-refractivity contribution is 7.99. The average molecular weight is 361 g/mol. The van der Waals surface area contributed by atoms with Crippen molar-refractivity contribution >= 4 is 28.8 Å². The molecule has 0 radical (unpaired) electrons. The van der Waals surface area contributed by atoms with Crippen molar-refractivity contribution in [2.24, 2.45) is 0 Å². The van der Waals surface area contributed by atoms with Gasteiger partial charge in [0.25, 0.3) is 5.76 Å². The molecule has 2 aromatic heterocycles. The Morgan fingerprint density at radius 3 is 2.60 bits per heavy atom. The average Bonchev–Trinajstić information content (AvgIpc) is 2.59. The highest BCUT2D eigenvalue weighted by atomic mass is 32.2. The molecule has 0 N–H and O–H groups in total. The number of para-hydroxylation sites is 2. The number of rotatable bonds is 5. The van der Waals surface area contributed by atoms with Gasteiger partial charge in [-0.15, -0.1) is 0 Å². The van der Waals surface area contributed by atoms with Crippen LogP contribution >= 0.6 is 11.8 Å². The fourth-order valence-electron chi connectivity index (χ4n) is 2.20. The van der Waals surface area contributed by atoms with E-state index >= 15 is 0 Å². The lowest BCUT2D eigenvalue weighted by atomic mass is 10.2. The zero-order chi connectivity index (χ0) is 17.8. The second kappa shape index (κ2) is 7.52. The number of aryl methyl sites for hydroxylation is 1. The number of fused-ring (bicyclic) bond motifs is 1. The van der Waals surface area contributed by atoms with E-state index < -0.39 is 11.7 Å². The summed E-state index contributed by atoms with van der Waals surface area (Å²) in [5.74, 6) is -3.40. The van der Waals surface area contributed by atoms with Crippen LogP contribution in [0.2, 0.25) is 0 Å². The van der Waals surface area contributed by atoms with Crippen molar-refractivity contribution in [2.75, 3.05) is 0 Å². The van der Waals surface area contributed by atoms with Crippen LogP contribution in [0.1, 0.15) is 21.7 Å². The molecule has 0 aliphatic rings. The predicted octanol–water partition coefficient (Wildman–Crippen LogP) is 4.00. The third-order valence-electron chi connectivity index (χ3n) is 3.37. The molecular weight excluding hydrogens is 348 g/mol. The monoisotopic (exact) mass is 361 g/mol. The van der Waals surface area contributed by atoms with Crippen molar-refractivity contribution in [1.29, 1.82) is 0 Å². The molecule has 0 bridgehead atoms. The highest BCUT2D eigenvalue weighted by Crippen LogP contribution is 2.27. The van der Waals surface area contributed by atoms with Crippen LogP contribution < -0.4 is 0 Å². The van der Waals surface area contributed by atoms with Gasteiger partial charge in [-0.3, -0.25) is 0 Å². The maximum Gasteiger partial charge on any atom is 0.341 e. The van der Waals surface area contributed by atoms with Gasteiger partial charge >= 0.3 is 5.97 Å². The highest BCUT2D eigenvalue weighted by Gasteiger charge is 2.18. The largest absolute Gasteiger partial charge is 0.455 e. The number of thioether (sulfide) groups is 1. The number of halogens is 2. The Kier molecular flexibility index (Phi) is 5.18. The molecule has 0 aliphatic carbocycles. The molecule has 0 aliphatic heterocycles. The molecule has 0 amide bonds. The first-order chi connectivity index (χ1) is 12.0. The zero-order valence-corrected chi connectivity index (χ0v) is 14.0. The summed E-state index contributed by atoms with van der Waals surface area (Å²) in [6, 6.07) is 10.2. The summed E-state index contributed by atoms with van der Waals surface area (Å²) in [5.41, 5.74) is 2.59. The normalized spacial score (nSPS) is 11.0. The van der Waals surface area contributed by atoms with Gasteiger partial charge in [-0.25, -0.2) is 19.7 Å². The molecule has 0 fully saturated rings. The van der Waals surface area contributed by atoms with Crippen molar-refractivity contribution in [1.82, 2.24) is 15.0 Å². The van der Waals surface area contributed by atoms with Crippen molar-refractivity contribution in [3.63, 3.8) is 0 Å². The first-order valence-electron chi connectivity index (χ1n) is 7.34. The number of nitrogens with zero attached hydrogens (tertiary/aromatic N) is 3. The van der Waals surface area contributed by atoms with Gasteiger partial charge in [-0.05, 0) is 43.0 Å². The minimum absolute atomic E-state index is 0.000739. The maximum atomic E-state index is 12.6. The number of esters is 1. The Morgan fingerprint density at radius 1 is 1.16 bits per heavy atom. The molecule has 0 saturated carbocycles. The topological polar surface area (TPSA) is 65.0 Å². The summed E-state index contributed by atoms with van der Waals surface area (Å²) in [6.45, 7) is 1.67. The lowest BCUT2D eigenvalue weighted by Gasteiger charge is -2.09. The number of ether oxygens (including phenoxy) is 1. The molecule has 128 valence electrons. The Balaban J connectivity index is 1.78. The molecule has 3 rings (SSSR count). The van der Waals surface area contributed by atoms with Gasteiger partial charge < -0.3 is 4.74 Å². The Labute approximate surface area is 146 Å². The van der Waals surface area contributed by atoms with E-state index in [2.05, 4.69) is 15.0 Å². The standard InChI is InChI=1S/C17H13F2N3O2S/c1-10-14(22-13-7-3-2-6-12(13)21-10)9-24-16(23)11-5-4-8-20-15(11)25-17(18)19/h2-8,17H,9H2,1H3. The van der Waals surface area contributed by atoms with E-state index in [1.54, 1.807) is 6.92 Å². The Hall–Kier alpha value is -2.61. The maximum absolute atomic E-state index is 12.6. The molecule has 25 heavy (non-hydrogen) atoms. The molecule has 5 nitrogen and oxygen atoms in total. The minimum atomic E-state index is -2.67. The van der Waals surface area contributed by atoms with Crippen LogP contribution in [0.5, 0.6) is 0 Å². The smallest absolute Gasteiger partial charge is 0.341 e. The molecule has 2 heterocycles. The summed E-state index contributed by atoms with van der Waals surface area (Å²) in [6.07, 6.45) is 1.35. The third-order valence-corrected chi connectivity index (χ3v) is 4.10. The number of alkyl halides is 2. The van der Waals surface area contributed by atoms with Gasteiger partial charge in [0.2, 0.25) is 0 Å². The van der Waals surface area contributed by atoms with E-state index in [-0.39, 0.29) is 29.0 Å². The lowest BCUT2D eigenvalue weighted by molar-refractivity contribution is 0.0462. The van der Waals surface area contributed by atoms with E-state index in [1.165, 1.54) is 18.3 Å². The summed E-state index contributed by atoms with van der Waals surface area (Å²) >= 11 is 0.207. The number of carbonyl (C=O) groups excluding carboxylic acids is 1. The number of hydrogen-bond donors (Lipinski definition) is 0. The molecule has 3 aromatic rings. The van der Waals surface area contributed by atoms with E-state index in [0.29, 0.717) is 16.9 Å². The van der Waals surface area contributed by atoms with Gasteiger partial charge in [0.15, 0.2) is 0 Å². The van der Waals surface area contributed by atoms with Gasteiger partial charge in [-0.1, -0.05) is 12.1 Å². The molecular formula is C17H13F2N3O2S. The van der Waals surface area contributed by atoms with E-state index in [4.69, 9.17) is 4.74 Å². The van der Waals surface area contributed by atoms with Crippen LogP contribution in [-0.4, -0.2) is 26.7 Å². The second-order valence-electron chi connectivity index (χ2n) is 5.06. The van der Waals surface area contributed by atoms with Crippen LogP contribution in [0, 0.1) is 6.92 Å². The van der Waals surface area contributed by atoms with E-state index in [9.17, 15) is 13.6 Å². The molecule has 0 unspecified atom stereocenters. The van der Waals surface area contributed by atoms with Crippen molar-refractivity contribution in [3.8, 4) is 0 Å². The summed E-state index contributed by atoms with van der Waals surface area (Å²) in [4.78, 5) is 24.9. The second-order valence-corrected chi connectivity index (χ2v) is 6.03. The SMILES string of the molecule is Cc1nc2ccccc2nc1COC(=O)c1cccnc1SC(F)F. The zero-order valence-electron chi connectivity index (χ0n) is 13.1. The summed E-state index contributed by atoms with van der Waals surface area (Å²) in [5, 5.41) is -0.0659. The molecule has 1 aromatic carbocycles. The van der Waals surface area contributed by atoms with Crippen LogP contribution in [0.4, 0.5) is 8.78 Å². The number of carbonyl (C=O) groups is 1. The van der Waals surface area contributed by atoms with Crippen molar-refractivity contribution in [2.45, 2.75) is 24.3 Å². The summed E-state index contributed by atoms with van der Waals surface area (Å²) in [7, 11) is 0. The minimum Gasteiger partial charge on any atom is -0.455 e. The Bertz CT molecular complexity index is 921. The third kappa shape index (κ3) is 4.08. The molecule has 0 spiro atoms. The van der Waals surface area contributed by atoms with Gasteiger partial charge in [0, 0.05) is 6.20 Å². The number of hydrogen-bond acceptors (Lipinski definition) is 6. The van der Waals surface area contributed by atoms with Crippen LogP contribution in [0.15, 0.2) is 47.6 Å². The van der Waals surface area contributed by atoms with E-state index in [1.807, 2.05) is 24.3 Å². The van der Waals surface area contributed by atoms with Crippen LogP contribution in [0.25, 0.3) is 11.0 Å². The van der Waals surface area contributed by atoms with Crippen molar-refractivity contribution < 1.29 is 18.3 Å². The first kappa shape index (κ1) is 17.2. The molecule has 0 saturated heterocycles. The van der Waals surface area contributed by atoms with Gasteiger partial charge in [0.05, 0.1) is 28.0 Å². The van der Waals surface area contributed by atoms with E-state index in [0.717, 1.165) is 5.52 Å². The summed E-state index contributed by atoms with van der Waals surface area (Å²) < 4.78 is 30.4. The predicted molar refractivity (Wildman–Crippen MR) is 89.5 cm³/mol.